The summed E-state index contributed by atoms with van der Waals surface area (Å²) in [6, 6.07) is 9.84. The zero-order valence-corrected chi connectivity index (χ0v) is 11.8. The predicted octanol–water partition coefficient (Wildman–Crippen LogP) is 4.02. The summed E-state index contributed by atoms with van der Waals surface area (Å²) in [5.74, 6) is 0.594. The maximum atomic E-state index is 13.5. The van der Waals surface area contributed by atoms with E-state index in [1.165, 1.54) is 6.07 Å². The molecule has 0 spiro atoms. The minimum absolute atomic E-state index is 0.174. The average molecular weight is 275 g/mol. The third kappa shape index (κ3) is 3.02. The van der Waals surface area contributed by atoms with E-state index in [1.54, 1.807) is 38.3 Å². The van der Waals surface area contributed by atoms with E-state index in [1.807, 2.05) is 13.0 Å². The molecule has 2 rings (SSSR count). The van der Waals surface area contributed by atoms with Gasteiger partial charge in [-0.1, -0.05) is 6.07 Å². The van der Waals surface area contributed by atoms with Crippen LogP contribution in [0.5, 0.6) is 11.5 Å². The lowest BCUT2D eigenvalue weighted by Crippen LogP contribution is -2.07. The van der Waals surface area contributed by atoms with Gasteiger partial charge < -0.3 is 15.2 Å². The van der Waals surface area contributed by atoms with Crippen LogP contribution in [0, 0.1) is 12.7 Å². The molecule has 0 aliphatic heterocycles. The minimum Gasteiger partial charge on any atom is -0.508 e. The topological polar surface area (TPSA) is 41.5 Å². The highest BCUT2D eigenvalue weighted by Crippen LogP contribution is 2.30. The molecule has 1 atom stereocenters. The number of halogens is 1. The monoisotopic (exact) mass is 275 g/mol. The maximum Gasteiger partial charge on any atom is 0.128 e. The second-order valence-corrected chi connectivity index (χ2v) is 4.75. The zero-order valence-electron chi connectivity index (χ0n) is 11.8. The van der Waals surface area contributed by atoms with Crippen molar-refractivity contribution in [3.8, 4) is 11.5 Å². The van der Waals surface area contributed by atoms with Crippen LogP contribution in [-0.4, -0.2) is 12.2 Å². The van der Waals surface area contributed by atoms with Crippen LogP contribution >= 0.6 is 0 Å². The molecule has 20 heavy (non-hydrogen) atoms. The van der Waals surface area contributed by atoms with Crippen molar-refractivity contribution in [1.82, 2.24) is 0 Å². The minimum atomic E-state index is -0.253. The highest BCUT2D eigenvalue weighted by molar-refractivity contribution is 5.50. The fourth-order valence-electron chi connectivity index (χ4n) is 2.02. The summed E-state index contributed by atoms with van der Waals surface area (Å²) in [5, 5.41) is 13.1. The molecule has 0 aromatic heterocycles. The Morgan fingerprint density at radius 3 is 2.60 bits per heavy atom. The first kappa shape index (κ1) is 14.2. The SMILES string of the molecule is COc1ccc(O)c(C(C)Nc2ccc(C)c(F)c2)c1. The standard InChI is InChI=1S/C16H18FNO2/c1-10-4-5-12(8-15(10)17)18-11(2)14-9-13(20-3)6-7-16(14)19/h4-9,11,18-19H,1-3H3. The van der Waals surface area contributed by atoms with Gasteiger partial charge in [0.15, 0.2) is 0 Å². The molecule has 0 saturated heterocycles. The van der Waals surface area contributed by atoms with Gasteiger partial charge in [-0.2, -0.15) is 0 Å². The van der Waals surface area contributed by atoms with Crippen LogP contribution in [0.4, 0.5) is 10.1 Å². The first-order chi connectivity index (χ1) is 9.51. The van der Waals surface area contributed by atoms with Gasteiger partial charge in [-0.15, -0.1) is 0 Å². The molecule has 1 unspecified atom stereocenters. The molecule has 2 N–H and O–H groups in total. The Morgan fingerprint density at radius 1 is 1.20 bits per heavy atom. The van der Waals surface area contributed by atoms with Crippen LogP contribution in [0.2, 0.25) is 0 Å². The van der Waals surface area contributed by atoms with Crippen molar-refractivity contribution in [3.63, 3.8) is 0 Å². The van der Waals surface area contributed by atoms with E-state index >= 15 is 0 Å². The van der Waals surface area contributed by atoms with Crippen LogP contribution in [0.1, 0.15) is 24.1 Å². The highest BCUT2D eigenvalue weighted by Gasteiger charge is 2.12. The molecular formula is C16H18FNO2. The van der Waals surface area contributed by atoms with E-state index < -0.39 is 0 Å². The number of anilines is 1. The maximum absolute atomic E-state index is 13.5. The molecule has 106 valence electrons. The van der Waals surface area contributed by atoms with Crippen molar-refractivity contribution in [1.29, 1.82) is 0 Å². The summed E-state index contributed by atoms with van der Waals surface area (Å²) in [7, 11) is 1.57. The fraction of sp³-hybridized carbons (Fsp3) is 0.250. The lowest BCUT2D eigenvalue weighted by Gasteiger charge is -2.18. The van der Waals surface area contributed by atoms with Gasteiger partial charge in [0.25, 0.3) is 0 Å². The molecule has 0 radical (unpaired) electrons. The highest BCUT2D eigenvalue weighted by atomic mass is 19.1. The van der Waals surface area contributed by atoms with E-state index in [0.29, 0.717) is 22.6 Å². The van der Waals surface area contributed by atoms with Gasteiger partial charge in [-0.3, -0.25) is 0 Å². The molecule has 0 fully saturated rings. The van der Waals surface area contributed by atoms with Gasteiger partial charge in [0.2, 0.25) is 0 Å². The molecule has 0 bridgehead atoms. The van der Waals surface area contributed by atoms with Crippen molar-refractivity contribution in [2.24, 2.45) is 0 Å². The normalized spacial score (nSPS) is 12.0. The number of benzene rings is 2. The molecule has 0 aliphatic carbocycles. The Hall–Kier alpha value is -2.23. The second-order valence-electron chi connectivity index (χ2n) is 4.75. The Kier molecular flexibility index (Phi) is 4.13. The van der Waals surface area contributed by atoms with Crippen LogP contribution in [-0.2, 0) is 0 Å². The number of nitrogens with one attached hydrogen (secondary N) is 1. The Bertz CT molecular complexity index is 613. The molecule has 0 aliphatic rings. The number of aryl methyl sites for hydroxylation is 1. The van der Waals surface area contributed by atoms with Gasteiger partial charge in [-0.05, 0) is 49.7 Å². The summed E-state index contributed by atoms with van der Waals surface area (Å²) >= 11 is 0. The number of phenolic OH excluding ortho intramolecular Hbond substituents is 1. The van der Waals surface area contributed by atoms with Crippen LogP contribution < -0.4 is 10.1 Å². The molecule has 0 heterocycles. The summed E-state index contributed by atoms with van der Waals surface area (Å²) in [6.45, 7) is 3.61. The first-order valence-corrected chi connectivity index (χ1v) is 6.41. The van der Waals surface area contributed by atoms with E-state index in [4.69, 9.17) is 4.74 Å². The fourth-order valence-corrected chi connectivity index (χ4v) is 2.02. The predicted molar refractivity (Wildman–Crippen MR) is 77.8 cm³/mol. The van der Waals surface area contributed by atoms with Crippen molar-refractivity contribution < 1.29 is 14.2 Å². The van der Waals surface area contributed by atoms with Crippen molar-refractivity contribution >= 4 is 5.69 Å². The Morgan fingerprint density at radius 2 is 1.95 bits per heavy atom. The van der Waals surface area contributed by atoms with Crippen LogP contribution in [0.15, 0.2) is 36.4 Å². The summed E-state index contributed by atoms with van der Waals surface area (Å²) in [5.41, 5.74) is 1.97. The lowest BCUT2D eigenvalue weighted by atomic mass is 10.1. The molecule has 0 amide bonds. The largest absolute Gasteiger partial charge is 0.508 e. The quantitative estimate of drug-likeness (QED) is 0.885. The van der Waals surface area contributed by atoms with E-state index in [2.05, 4.69) is 5.32 Å². The zero-order chi connectivity index (χ0) is 14.7. The third-order valence-corrected chi connectivity index (χ3v) is 3.26. The van der Waals surface area contributed by atoms with Crippen molar-refractivity contribution in [3.05, 3.63) is 53.3 Å². The molecule has 3 nitrogen and oxygen atoms in total. The van der Waals surface area contributed by atoms with Gasteiger partial charge in [0, 0.05) is 11.3 Å². The lowest BCUT2D eigenvalue weighted by molar-refractivity contribution is 0.410. The number of ether oxygens (including phenoxy) is 1. The van der Waals surface area contributed by atoms with E-state index in [0.717, 1.165) is 0 Å². The number of rotatable bonds is 4. The number of hydrogen-bond acceptors (Lipinski definition) is 3. The van der Waals surface area contributed by atoms with Gasteiger partial charge >= 0.3 is 0 Å². The van der Waals surface area contributed by atoms with Crippen LogP contribution in [0.3, 0.4) is 0 Å². The van der Waals surface area contributed by atoms with Crippen molar-refractivity contribution in [2.45, 2.75) is 19.9 Å². The number of phenols is 1. The number of methoxy groups -OCH3 is 1. The smallest absolute Gasteiger partial charge is 0.128 e. The van der Waals surface area contributed by atoms with Crippen molar-refractivity contribution in [2.75, 3.05) is 12.4 Å². The van der Waals surface area contributed by atoms with Crippen LogP contribution in [0.25, 0.3) is 0 Å². The molecular weight excluding hydrogens is 257 g/mol. The van der Waals surface area contributed by atoms with Gasteiger partial charge in [-0.25, -0.2) is 4.39 Å². The Labute approximate surface area is 118 Å². The average Bonchev–Trinajstić information content (AvgIpc) is 2.43. The summed E-state index contributed by atoms with van der Waals surface area (Å²) in [6.07, 6.45) is 0. The molecule has 2 aromatic carbocycles. The second kappa shape index (κ2) is 5.82. The van der Waals surface area contributed by atoms with Gasteiger partial charge in [0.05, 0.1) is 13.2 Å². The number of aromatic hydroxyl groups is 1. The molecule has 0 saturated carbocycles. The van der Waals surface area contributed by atoms with Gasteiger partial charge in [0.1, 0.15) is 17.3 Å². The Balaban J connectivity index is 2.23. The van der Waals surface area contributed by atoms with E-state index in [-0.39, 0.29) is 17.6 Å². The third-order valence-electron chi connectivity index (χ3n) is 3.26. The summed E-state index contributed by atoms with van der Waals surface area (Å²) < 4.78 is 18.7. The summed E-state index contributed by atoms with van der Waals surface area (Å²) in [4.78, 5) is 0. The number of hydrogen-bond donors (Lipinski definition) is 2. The first-order valence-electron chi connectivity index (χ1n) is 6.41. The van der Waals surface area contributed by atoms with E-state index in [9.17, 15) is 9.50 Å². The molecule has 2 aromatic rings. The molecule has 4 heteroatoms.